The van der Waals surface area contributed by atoms with Gasteiger partial charge >= 0.3 is 5.97 Å². The van der Waals surface area contributed by atoms with Crippen molar-refractivity contribution in [3.05, 3.63) is 52.6 Å². The first-order chi connectivity index (χ1) is 16.3. The summed E-state index contributed by atoms with van der Waals surface area (Å²) in [4.78, 5) is 26.3. The number of nitrogens with one attached hydrogen (secondary N) is 1. The van der Waals surface area contributed by atoms with E-state index in [4.69, 9.17) is 4.74 Å². The molecule has 1 aliphatic rings. The Bertz CT molecular complexity index is 1280. The van der Waals surface area contributed by atoms with Crippen molar-refractivity contribution in [2.24, 2.45) is 0 Å². The predicted molar refractivity (Wildman–Crippen MR) is 139 cm³/mol. The molecule has 8 nitrogen and oxygen atoms in total. The quantitative estimate of drug-likeness (QED) is 0.531. The molecule has 0 spiro atoms. The Kier molecular flexibility index (Phi) is 7.59. The van der Waals surface area contributed by atoms with E-state index in [-0.39, 0.29) is 22.6 Å². The van der Waals surface area contributed by atoms with E-state index in [2.05, 4.69) is 25.5 Å². The Morgan fingerprint density at radius 3 is 2.37 bits per heavy atom. The standard InChI is InChI=1S/C26H32N2O6S/c1-26(2,3)22-16-20(28-13-7-6-8-23(28)29)14-18(24(22)34-4)10-9-17-11-12-19(27-35(5,32)33)15-21(17)25(30)31/h9-12,14-16,27H,6-8,13H2,1-5H3,(H,30,31)/b10-9+. The van der Waals surface area contributed by atoms with Crippen LogP contribution in [0.3, 0.4) is 0 Å². The van der Waals surface area contributed by atoms with E-state index in [1.807, 2.05) is 12.1 Å². The van der Waals surface area contributed by atoms with Gasteiger partial charge in [-0.25, -0.2) is 13.2 Å². The number of methoxy groups -OCH3 is 1. The van der Waals surface area contributed by atoms with Gasteiger partial charge in [0, 0.05) is 35.5 Å². The van der Waals surface area contributed by atoms with E-state index in [1.165, 1.54) is 12.1 Å². The molecule has 2 aromatic carbocycles. The predicted octanol–water partition coefficient (Wildman–Crippen LogP) is 4.75. The Hall–Kier alpha value is -3.33. The van der Waals surface area contributed by atoms with Crippen LogP contribution in [0.5, 0.6) is 5.75 Å². The summed E-state index contributed by atoms with van der Waals surface area (Å²) in [7, 11) is -1.96. The third-order valence-corrected chi connectivity index (χ3v) is 6.39. The van der Waals surface area contributed by atoms with Gasteiger partial charge in [-0.3, -0.25) is 9.52 Å². The molecule has 0 aromatic heterocycles. The first kappa shape index (κ1) is 26.3. The number of hydrogen-bond acceptors (Lipinski definition) is 5. The van der Waals surface area contributed by atoms with Crippen molar-refractivity contribution in [3.63, 3.8) is 0 Å². The molecule has 0 saturated carbocycles. The average Bonchev–Trinajstić information content (AvgIpc) is 2.76. The zero-order valence-corrected chi connectivity index (χ0v) is 21.5. The highest BCUT2D eigenvalue weighted by molar-refractivity contribution is 7.92. The summed E-state index contributed by atoms with van der Waals surface area (Å²) in [5, 5.41) is 9.70. The molecule has 1 fully saturated rings. The molecule has 9 heteroatoms. The minimum Gasteiger partial charge on any atom is -0.496 e. The van der Waals surface area contributed by atoms with Crippen molar-refractivity contribution in [2.45, 2.75) is 45.4 Å². The summed E-state index contributed by atoms with van der Waals surface area (Å²) in [6.07, 6.45) is 6.74. The monoisotopic (exact) mass is 500 g/mol. The minimum absolute atomic E-state index is 0.0488. The van der Waals surface area contributed by atoms with Crippen LogP contribution in [0.2, 0.25) is 0 Å². The van der Waals surface area contributed by atoms with Crippen LogP contribution in [0.25, 0.3) is 12.2 Å². The zero-order chi connectivity index (χ0) is 26.0. The summed E-state index contributed by atoms with van der Waals surface area (Å²) >= 11 is 0. The number of amides is 1. The number of benzene rings is 2. The molecule has 2 aromatic rings. The van der Waals surface area contributed by atoms with Crippen LogP contribution in [-0.4, -0.2) is 45.3 Å². The molecule has 35 heavy (non-hydrogen) atoms. The maximum atomic E-state index is 12.6. The number of carboxylic acid groups (broad SMARTS) is 1. The Balaban J connectivity index is 2.12. The first-order valence-electron chi connectivity index (χ1n) is 11.4. The molecular weight excluding hydrogens is 468 g/mol. The van der Waals surface area contributed by atoms with Gasteiger partial charge in [0.15, 0.2) is 0 Å². The summed E-state index contributed by atoms with van der Waals surface area (Å²) < 4.78 is 31.1. The maximum absolute atomic E-state index is 12.6. The number of carboxylic acids is 1. The summed E-state index contributed by atoms with van der Waals surface area (Å²) in [5.74, 6) is -0.454. The van der Waals surface area contributed by atoms with Gasteiger partial charge in [-0.2, -0.15) is 0 Å². The molecule has 3 rings (SSSR count). The number of piperidine rings is 1. The Morgan fingerprint density at radius 1 is 1.11 bits per heavy atom. The van der Waals surface area contributed by atoms with Crippen molar-refractivity contribution in [3.8, 4) is 5.75 Å². The van der Waals surface area contributed by atoms with E-state index in [9.17, 15) is 23.1 Å². The van der Waals surface area contributed by atoms with Crippen LogP contribution in [0, 0.1) is 0 Å². The van der Waals surface area contributed by atoms with Gasteiger partial charge in [0.25, 0.3) is 0 Å². The molecule has 1 saturated heterocycles. The van der Waals surface area contributed by atoms with Crippen LogP contribution in [0.1, 0.15) is 67.1 Å². The normalized spacial score (nSPS) is 14.9. The van der Waals surface area contributed by atoms with Crippen molar-refractivity contribution < 1.29 is 27.9 Å². The zero-order valence-electron chi connectivity index (χ0n) is 20.7. The van der Waals surface area contributed by atoms with Crippen LogP contribution in [0.4, 0.5) is 11.4 Å². The van der Waals surface area contributed by atoms with E-state index in [0.717, 1.165) is 30.3 Å². The highest BCUT2D eigenvalue weighted by Crippen LogP contribution is 2.39. The van der Waals surface area contributed by atoms with Gasteiger partial charge in [0.2, 0.25) is 15.9 Å². The van der Waals surface area contributed by atoms with E-state index < -0.39 is 16.0 Å². The van der Waals surface area contributed by atoms with Crippen molar-refractivity contribution in [1.82, 2.24) is 0 Å². The van der Waals surface area contributed by atoms with E-state index in [1.54, 1.807) is 30.2 Å². The van der Waals surface area contributed by atoms with Crippen molar-refractivity contribution >= 4 is 45.4 Å². The van der Waals surface area contributed by atoms with Crippen molar-refractivity contribution in [2.75, 3.05) is 29.5 Å². The van der Waals surface area contributed by atoms with Gasteiger partial charge in [-0.15, -0.1) is 0 Å². The molecule has 0 unspecified atom stereocenters. The lowest BCUT2D eigenvalue weighted by atomic mass is 9.84. The van der Waals surface area contributed by atoms with Gasteiger partial charge in [-0.05, 0) is 48.1 Å². The second-order valence-corrected chi connectivity index (χ2v) is 11.4. The maximum Gasteiger partial charge on any atom is 0.336 e. The molecule has 0 atom stereocenters. The van der Waals surface area contributed by atoms with Gasteiger partial charge in [0.05, 0.1) is 18.9 Å². The van der Waals surface area contributed by atoms with Crippen molar-refractivity contribution in [1.29, 1.82) is 0 Å². The average molecular weight is 501 g/mol. The molecule has 2 N–H and O–H groups in total. The largest absolute Gasteiger partial charge is 0.496 e. The van der Waals surface area contributed by atoms with E-state index >= 15 is 0 Å². The molecule has 0 radical (unpaired) electrons. The summed E-state index contributed by atoms with van der Waals surface area (Å²) in [6, 6.07) is 8.21. The number of rotatable bonds is 7. The summed E-state index contributed by atoms with van der Waals surface area (Å²) in [6.45, 7) is 6.85. The second-order valence-electron chi connectivity index (χ2n) is 9.68. The van der Waals surface area contributed by atoms with E-state index in [0.29, 0.717) is 29.8 Å². The first-order valence-corrected chi connectivity index (χ1v) is 13.3. The van der Waals surface area contributed by atoms with Gasteiger partial charge in [-0.1, -0.05) is 39.0 Å². The lowest BCUT2D eigenvalue weighted by Crippen LogP contribution is -2.35. The van der Waals surface area contributed by atoms with Crippen LogP contribution in [0.15, 0.2) is 30.3 Å². The number of aromatic carboxylic acids is 1. The van der Waals surface area contributed by atoms with Gasteiger partial charge < -0.3 is 14.7 Å². The highest BCUT2D eigenvalue weighted by atomic mass is 32.2. The molecule has 1 aliphatic heterocycles. The lowest BCUT2D eigenvalue weighted by molar-refractivity contribution is -0.119. The SMILES string of the molecule is COc1c(/C=C/c2ccc(NS(C)(=O)=O)cc2C(=O)O)cc(N2CCCCC2=O)cc1C(C)(C)C. The lowest BCUT2D eigenvalue weighted by Gasteiger charge is -2.30. The fourth-order valence-electron chi connectivity index (χ4n) is 4.12. The summed E-state index contributed by atoms with van der Waals surface area (Å²) in [5.41, 5.74) is 2.67. The molecule has 0 bridgehead atoms. The third-order valence-electron chi connectivity index (χ3n) is 5.78. The second kappa shape index (κ2) is 10.1. The van der Waals surface area contributed by atoms with Gasteiger partial charge in [0.1, 0.15) is 5.75 Å². The number of hydrogen-bond donors (Lipinski definition) is 2. The fourth-order valence-corrected chi connectivity index (χ4v) is 4.68. The van der Waals surface area contributed by atoms with Crippen LogP contribution >= 0.6 is 0 Å². The minimum atomic E-state index is -3.55. The number of carbonyl (C=O) groups is 2. The third kappa shape index (κ3) is 6.42. The molecule has 0 aliphatic carbocycles. The molecular formula is C26H32N2O6S. The number of anilines is 2. The Labute approximate surface area is 206 Å². The number of carbonyl (C=O) groups excluding carboxylic acids is 1. The van der Waals surface area contributed by atoms with Crippen LogP contribution in [-0.2, 0) is 20.2 Å². The molecule has 1 amide bonds. The highest BCUT2D eigenvalue weighted by Gasteiger charge is 2.26. The topological polar surface area (TPSA) is 113 Å². The Morgan fingerprint density at radius 2 is 1.80 bits per heavy atom. The molecule has 188 valence electrons. The van der Waals surface area contributed by atoms with Crippen LogP contribution < -0.4 is 14.4 Å². The number of ether oxygens (including phenoxy) is 1. The number of sulfonamides is 1. The molecule has 1 heterocycles. The smallest absolute Gasteiger partial charge is 0.336 e. The number of nitrogens with zero attached hydrogens (tertiary/aromatic N) is 1. The fraction of sp³-hybridized carbons (Fsp3) is 0.385.